The zero-order valence-corrected chi connectivity index (χ0v) is 12.8. The van der Waals surface area contributed by atoms with Gasteiger partial charge in [0.05, 0.1) is 10.2 Å². The summed E-state index contributed by atoms with van der Waals surface area (Å²) < 4.78 is 7.15. The molecule has 0 atom stereocenters. The minimum absolute atomic E-state index is 0.113. The lowest BCUT2D eigenvalue weighted by atomic mass is 9.98. The second kappa shape index (κ2) is 4.21. The molecule has 2 heterocycles. The van der Waals surface area contributed by atoms with E-state index in [0.29, 0.717) is 5.13 Å². The molecule has 0 amide bonds. The van der Waals surface area contributed by atoms with Crippen LogP contribution >= 0.6 is 11.3 Å². The minimum atomic E-state index is -0.113. The van der Waals surface area contributed by atoms with Crippen molar-refractivity contribution in [1.82, 2.24) is 4.98 Å². The van der Waals surface area contributed by atoms with Gasteiger partial charge in [-0.3, -0.25) is 0 Å². The maximum atomic E-state index is 6.03. The molecular formula is C17H16N2OS. The van der Waals surface area contributed by atoms with Gasteiger partial charge in [-0.1, -0.05) is 35.6 Å². The van der Waals surface area contributed by atoms with E-state index in [9.17, 15) is 0 Å². The predicted octanol–water partition coefficient (Wildman–Crippen LogP) is 4.26. The fraction of sp³-hybridized carbons (Fsp3) is 0.235. The molecule has 1 aromatic heterocycles. The number of ether oxygens (including phenoxy) is 1. The Labute approximate surface area is 127 Å². The quantitative estimate of drug-likeness (QED) is 0.730. The first-order valence-corrected chi connectivity index (χ1v) is 7.81. The zero-order valence-electron chi connectivity index (χ0n) is 12.0. The van der Waals surface area contributed by atoms with Crippen LogP contribution in [0.25, 0.3) is 21.3 Å². The predicted molar refractivity (Wildman–Crippen MR) is 87.9 cm³/mol. The van der Waals surface area contributed by atoms with E-state index in [0.717, 1.165) is 33.5 Å². The Morgan fingerprint density at radius 2 is 2.10 bits per heavy atom. The molecule has 21 heavy (non-hydrogen) atoms. The summed E-state index contributed by atoms with van der Waals surface area (Å²) in [7, 11) is 0. The SMILES string of the molecule is CC1(C)Cc2ccc(-c3cccc4sc(N)nc34)cc2O1. The number of nitrogens with two attached hydrogens (primary N) is 1. The summed E-state index contributed by atoms with van der Waals surface area (Å²) in [5.74, 6) is 0.984. The number of rotatable bonds is 1. The molecule has 2 N–H and O–H groups in total. The number of para-hydroxylation sites is 1. The van der Waals surface area contributed by atoms with E-state index >= 15 is 0 Å². The highest BCUT2D eigenvalue weighted by Gasteiger charge is 2.30. The van der Waals surface area contributed by atoms with Crippen LogP contribution in [0.3, 0.4) is 0 Å². The molecule has 0 radical (unpaired) electrons. The van der Waals surface area contributed by atoms with Crippen LogP contribution in [0.15, 0.2) is 36.4 Å². The number of hydrogen-bond donors (Lipinski definition) is 1. The molecule has 106 valence electrons. The van der Waals surface area contributed by atoms with E-state index in [-0.39, 0.29) is 5.60 Å². The van der Waals surface area contributed by atoms with Crippen molar-refractivity contribution in [3.63, 3.8) is 0 Å². The highest BCUT2D eigenvalue weighted by Crippen LogP contribution is 2.39. The Kier molecular flexibility index (Phi) is 2.54. The monoisotopic (exact) mass is 296 g/mol. The molecule has 4 heteroatoms. The van der Waals surface area contributed by atoms with Crippen molar-refractivity contribution in [2.24, 2.45) is 0 Å². The standard InChI is InChI=1S/C17H16N2OS/c1-17(2)9-11-7-6-10(8-13(11)20-17)12-4-3-5-14-15(12)19-16(18)21-14/h3-8H,9H2,1-2H3,(H2,18,19). The van der Waals surface area contributed by atoms with Gasteiger partial charge in [0, 0.05) is 12.0 Å². The lowest BCUT2D eigenvalue weighted by molar-refractivity contribution is 0.138. The van der Waals surface area contributed by atoms with E-state index in [4.69, 9.17) is 10.5 Å². The third-order valence-corrected chi connectivity index (χ3v) is 4.67. The number of hydrogen-bond acceptors (Lipinski definition) is 4. The Morgan fingerprint density at radius 3 is 2.95 bits per heavy atom. The number of benzene rings is 2. The number of anilines is 1. The molecular weight excluding hydrogens is 280 g/mol. The molecule has 0 saturated heterocycles. The fourth-order valence-electron chi connectivity index (χ4n) is 2.95. The lowest BCUT2D eigenvalue weighted by Gasteiger charge is -2.16. The van der Waals surface area contributed by atoms with Gasteiger partial charge in [0.1, 0.15) is 11.4 Å². The summed E-state index contributed by atoms with van der Waals surface area (Å²) in [6.07, 6.45) is 0.955. The van der Waals surface area contributed by atoms with Crippen molar-refractivity contribution < 1.29 is 4.74 Å². The summed E-state index contributed by atoms with van der Waals surface area (Å²) in [6.45, 7) is 4.24. The second-order valence-electron chi connectivity index (χ2n) is 6.07. The molecule has 0 spiro atoms. The largest absolute Gasteiger partial charge is 0.487 e. The van der Waals surface area contributed by atoms with Crippen molar-refractivity contribution >= 4 is 26.7 Å². The molecule has 1 aliphatic heterocycles. The van der Waals surface area contributed by atoms with Crippen molar-refractivity contribution in [1.29, 1.82) is 0 Å². The number of fused-ring (bicyclic) bond motifs is 2. The Bertz CT molecular complexity index is 851. The molecule has 0 aliphatic carbocycles. The van der Waals surface area contributed by atoms with Crippen LogP contribution in [0, 0.1) is 0 Å². The molecule has 0 unspecified atom stereocenters. The van der Waals surface area contributed by atoms with Gasteiger partial charge in [-0.25, -0.2) is 4.98 Å². The van der Waals surface area contributed by atoms with Gasteiger partial charge >= 0.3 is 0 Å². The number of nitrogen functional groups attached to an aromatic ring is 1. The number of thiazole rings is 1. The zero-order chi connectivity index (χ0) is 14.6. The van der Waals surface area contributed by atoms with Crippen LogP contribution in [0.5, 0.6) is 5.75 Å². The average Bonchev–Trinajstić information content (AvgIpc) is 2.93. The number of nitrogens with zero attached hydrogens (tertiary/aromatic N) is 1. The molecule has 0 bridgehead atoms. The normalized spacial score (nSPS) is 15.9. The molecule has 0 saturated carbocycles. The van der Waals surface area contributed by atoms with Crippen LogP contribution in [-0.2, 0) is 6.42 Å². The third-order valence-electron chi connectivity index (χ3n) is 3.82. The van der Waals surface area contributed by atoms with E-state index in [1.165, 1.54) is 16.9 Å². The van der Waals surface area contributed by atoms with E-state index in [1.54, 1.807) is 0 Å². The Morgan fingerprint density at radius 1 is 1.24 bits per heavy atom. The maximum Gasteiger partial charge on any atom is 0.181 e. The summed E-state index contributed by atoms with van der Waals surface area (Å²) in [4.78, 5) is 4.47. The van der Waals surface area contributed by atoms with Gasteiger partial charge in [-0.05, 0) is 37.1 Å². The first kappa shape index (κ1) is 12.7. The summed E-state index contributed by atoms with van der Waals surface area (Å²) >= 11 is 1.52. The molecule has 0 fully saturated rings. The Hall–Kier alpha value is -2.07. The van der Waals surface area contributed by atoms with Gasteiger partial charge in [-0.2, -0.15) is 0 Å². The van der Waals surface area contributed by atoms with E-state index in [2.05, 4.69) is 49.2 Å². The van der Waals surface area contributed by atoms with Crippen LogP contribution in [0.1, 0.15) is 19.4 Å². The van der Waals surface area contributed by atoms with Crippen molar-refractivity contribution in [3.05, 3.63) is 42.0 Å². The maximum absolute atomic E-state index is 6.03. The van der Waals surface area contributed by atoms with Gasteiger partial charge in [0.2, 0.25) is 0 Å². The summed E-state index contributed by atoms with van der Waals surface area (Å²) in [5, 5.41) is 0.607. The van der Waals surface area contributed by atoms with E-state index < -0.39 is 0 Å². The summed E-state index contributed by atoms with van der Waals surface area (Å²) in [5.41, 5.74) is 10.2. The lowest BCUT2D eigenvalue weighted by Crippen LogP contribution is -2.24. The van der Waals surface area contributed by atoms with Crippen LogP contribution < -0.4 is 10.5 Å². The molecule has 1 aliphatic rings. The topological polar surface area (TPSA) is 48.1 Å². The Balaban J connectivity index is 1.87. The second-order valence-corrected chi connectivity index (χ2v) is 7.13. The fourth-order valence-corrected chi connectivity index (χ4v) is 3.72. The molecule has 4 rings (SSSR count). The van der Waals surface area contributed by atoms with Gasteiger partial charge in [-0.15, -0.1) is 0 Å². The molecule has 3 nitrogen and oxygen atoms in total. The van der Waals surface area contributed by atoms with Crippen LogP contribution in [-0.4, -0.2) is 10.6 Å². The first-order chi connectivity index (χ1) is 10.0. The van der Waals surface area contributed by atoms with Crippen molar-refractivity contribution in [2.75, 3.05) is 5.73 Å². The first-order valence-electron chi connectivity index (χ1n) is 6.99. The summed E-state index contributed by atoms with van der Waals surface area (Å²) in [6, 6.07) is 12.6. The van der Waals surface area contributed by atoms with Crippen LogP contribution in [0.4, 0.5) is 5.13 Å². The third kappa shape index (κ3) is 2.07. The smallest absolute Gasteiger partial charge is 0.181 e. The van der Waals surface area contributed by atoms with Crippen LogP contribution in [0.2, 0.25) is 0 Å². The number of aromatic nitrogens is 1. The van der Waals surface area contributed by atoms with Gasteiger partial charge in [0.15, 0.2) is 5.13 Å². The highest BCUT2D eigenvalue weighted by atomic mass is 32.1. The average molecular weight is 296 g/mol. The minimum Gasteiger partial charge on any atom is -0.487 e. The molecule has 3 aromatic rings. The molecule has 2 aromatic carbocycles. The highest BCUT2D eigenvalue weighted by molar-refractivity contribution is 7.22. The van der Waals surface area contributed by atoms with Crippen molar-refractivity contribution in [2.45, 2.75) is 25.9 Å². The van der Waals surface area contributed by atoms with Gasteiger partial charge < -0.3 is 10.5 Å². The van der Waals surface area contributed by atoms with Crippen molar-refractivity contribution in [3.8, 4) is 16.9 Å². The van der Waals surface area contributed by atoms with E-state index in [1.807, 2.05) is 6.07 Å². The van der Waals surface area contributed by atoms with Gasteiger partial charge in [0.25, 0.3) is 0 Å².